The molecular weight excluding hydrogens is 496 g/mol. The van der Waals surface area contributed by atoms with Gasteiger partial charge < -0.3 is 10.6 Å². The summed E-state index contributed by atoms with van der Waals surface area (Å²) >= 11 is 2.78. The molecule has 10 heteroatoms. The minimum Gasteiger partial charge on any atom is -0.322 e. The van der Waals surface area contributed by atoms with E-state index in [-0.39, 0.29) is 17.2 Å². The van der Waals surface area contributed by atoms with Crippen molar-refractivity contribution in [3.05, 3.63) is 99.4 Å². The Kier molecular flexibility index (Phi) is 7.77. The molecule has 0 aliphatic heterocycles. The van der Waals surface area contributed by atoms with Crippen LogP contribution in [-0.4, -0.2) is 27.0 Å². The zero-order chi connectivity index (χ0) is 25.7. The Morgan fingerprint density at radius 1 is 1.00 bits per heavy atom. The number of thiazole rings is 1. The fraction of sp³-hybridized carbons (Fsp3) is 0.115. The van der Waals surface area contributed by atoms with E-state index >= 15 is 0 Å². The molecule has 2 amide bonds. The fourth-order valence-electron chi connectivity index (χ4n) is 3.39. The molecule has 0 bridgehead atoms. The van der Waals surface area contributed by atoms with Crippen molar-refractivity contribution < 1.29 is 14.5 Å². The molecule has 0 radical (unpaired) electrons. The minimum atomic E-state index is -0.546. The second-order valence-corrected chi connectivity index (χ2v) is 10.4. The van der Waals surface area contributed by atoms with Crippen molar-refractivity contribution in [1.29, 1.82) is 0 Å². The van der Waals surface area contributed by atoms with Gasteiger partial charge in [-0.1, -0.05) is 42.5 Å². The smallest absolute Gasteiger partial charge is 0.270 e. The SMILES string of the molecule is Cc1sc(NC(=O)C(C)Sc2cccc(NC(=O)c3cccc([N+](=O)[O-])c3)c2)nc1-c1ccccc1. The second-order valence-electron chi connectivity index (χ2n) is 7.83. The number of aromatic nitrogens is 1. The number of thioether (sulfide) groups is 1. The van der Waals surface area contributed by atoms with Crippen LogP contribution in [0.25, 0.3) is 11.3 Å². The number of benzene rings is 3. The molecule has 36 heavy (non-hydrogen) atoms. The Bertz CT molecular complexity index is 1420. The maximum Gasteiger partial charge on any atom is 0.270 e. The molecule has 2 N–H and O–H groups in total. The zero-order valence-electron chi connectivity index (χ0n) is 19.4. The summed E-state index contributed by atoms with van der Waals surface area (Å²) < 4.78 is 0. The van der Waals surface area contributed by atoms with Crippen LogP contribution in [0.5, 0.6) is 0 Å². The summed E-state index contributed by atoms with van der Waals surface area (Å²) in [5.74, 6) is -0.639. The van der Waals surface area contributed by atoms with Gasteiger partial charge in [-0.15, -0.1) is 23.1 Å². The molecule has 3 aromatic carbocycles. The number of hydrogen-bond donors (Lipinski definition) is 2. The molecule has 0 saturated carbocycles. The van der Waals surface area contributed by atoms with E-state index in [2.05, 4.69) is 15.6 Å². The number of anilines is 2. The van der Waals surface area contributed by atoms with Crippen molar-refractivity contribution in [3.8, 4) is 11.3 Å². The molecule has 0 aliphatic rings. The number of amides is 2. The predicted molar refractivity (Wildman–Crippen MR) is 144 cm³/mol. The first-order valence-electron chi connectivity index (χ1n) is 11.0. The van der Waals surface area contributed by atoms with Crippen molar-refractivity contribution in [1.82, 2.24) is 4.98 Å². The van der Waals surface area contributed by atoms with E-state index in [1.165, 1.54) is 47.4 Å². The number of non-ortho nitro benzene ring substituents is 1. The van der Waals surface area contributed by atoms with Gasteiger partial charge in [0.2, 0.25) is 5.91 Å². The molecule has 1 aromatic heterocycles. The third-order valence-corrected chi connectivity index (χ3v) is 7.15. The fourth-order valence-corrected chi connectivity index (χ4v) is 5.15. The highest BCUT2D eigenvalue weighted by atomic mass is 32.2. The highest BCUT2D eigenvalue weighted by molar-refractivity contribution is 8.00. The number of nitro groups is 1. The molecule has 4 rings (SSSR count). The molecule has 0 spiro atoms. The monoisotopic (exact) mass is 518 g/mol. The van der Waals surface area contributed by atoms with E-state index in [9.17, 15) is 19.7 Å². The molecule has 1 heterocycles. The van der Waals surface area contributed by atoms with Crippen LogP contribution in [0, 0.1) is 17.0 Å². The summed E-state index contributed by atoms with van der Waals surface area (Å²) in [6.45, 7) is 3.77. The maximum absolute atomic E-state index is 12.8. The largest absolute Gasteiger partial charge is 0.322 e. The lowest BCUT2D eigenvalue weighted by molar-refractivity contribution is -0.384. The third kappa shape index (κ3) is 6.15. The lowest BCUT2D eigenvalue weighted by atomic mass is 10.1. The number of aryl methyl sites for hydroxylation is 1. The minimum absolute atomic E-state index is 0.155. The van der Waals surface area contributed by atoms with Gasteiger partial charge in [0.15, 0.2) is 5.13 Å². The lowest BCUT2D eigenvalue weighted by Crippen LogP contribution is -2.22. The Morgan fingerprint density at radius 2 is 1.75 bits per heavy atom. The van der Waals surface area contributed by atoms with Crippen LogP contribution >= 0.6 is 23.1 Å². The van der Waals surface area contributed by atoms with Gasteiger partial charge in [0, 0.05) is 38.7 Å². The number of nitro benzene ring substituents is 1. The van der Waals surface area contributed by atoms with E-state index < -0.39 is 16.1 Å². The summed E-state index contributed by atoms with van der Waals surface area (Å²) in [4.78, 5) is 42.2. The number of rotatable bonds is 8. The first-order chi connectivity index (χ1) is 17.3. The molecule has 8 nitrogen and oxygen atoms in total. The van der Waals surface area contributed by atoms with E-state index in [1.807, 2.05) is 43.3 Å². The molecule has 0 saturated heterocycles. The third-order valence-electron chi connectivity index (χ3n) is 5.17. The van der Waals surface area contributed by atoms with E-state index in [1.54, 1.807) is 25.1 Å². The van der Waals surface area contributed by atoms with Crippen LogP contribution in [0.3, 0.4) is 0 Å². The molecular formula is C26H22N4O4S2. The van der Waals surface area contributed by atoms with Crippen molar-refractivity contribution >= 4 is 51.4 Å². The van der Waals surface area contributed by atoms with Gasteiger partial charge in [-0.25, -0.2) is 4.98 Å². The van der Waals surface area contributed by atoms with Crippen LogP contribution in [0.1, 0.15) is 22.2 Å². The first kappa shape index (κ1) is 25.1. The number of nitrogens with zero attached hydrogens (tertiary/aromatic N) is 2. The van der Waals surface area contributed by atoms with Crippen LogP contribution in [0.15, 0.2) is 83.8 Å². The Labute approximate surface area is 215 Å². The van der Waals surface area contributed by atoms with Crippen LogP contribution in [-0.2, 0) is 4.79 Å². The average molecular weight is 519 g/mol. The quantitative estimate of drug-likeness (QED) is 0.158. The van der Waals surface area contributed by atoms with Gasteiger partial charge in [-0.3, -0.25) is 19.7 Å². The van der Waals surface area contributed by atoms with Crippen molar-refractivity contribution in [2.24, 2.45) is 0 Å². The Balaban J connectivity index is 1.39. The number of hydrogen-bond acceptors (Lipinski definition) is 7. The highest BCUT2D eigenvalue weighted by Gasteiger charge is 2.18. The summed E-state index contributed by atoms with van der Waals surface area (Å²) in [6.07, 6.45) is 0. The topological polar surface area (TPSA) is 114 Å². The van der Waals surface area contributed by atoms with Crippen LogP contribution < -0.4 is 10.6 Å². The molecule has 0 aliphatic carbocycles. The standard InChI is InChI=1S/C26H22N4O4S2/c1-16-23(18-8-4-3-5-9-18)28-26(36-16)29-24(31)17(2)35-22-13-7-11-20(15-22)27-25(32)19-10-6-12-21(14-19)30(33)34/h3-15,17H,1-2H3,(H,27,32)(H,28,29,31). The van der Waals surface area contributed by atoms with Crippen LogP contribution in [0.2, 0.25) is 0 Å². The van der Waals surface area contributed by atoms with Gasteiger partial charge >= 0.3 is 0 Å². The first-order valence-corrected chi connectivity index (χ1v) is 12.7. The molecule has 1 atom stereocenters. The summed E-state index contributed by atoms with van der Waals surface area (Å²) in [6, 6.07) is 22.4. The number of carbonyl (C=O) groups excluding carboxylic acids is 2. The van der Waals surface area contributed by atoms with Gasteiger partial charge in [0.25, 0.3) is 11.6 Å². The Hall–Kier alpha value is -4.02. The molecule has 0 fully saturated rings. The number of carbonyl (C=O) groups is 2. The summed E-state index contributed by atoms with van der Waals surface area (Å²) in [7, 11) is 0. The van der Waals surface area contributed by atoms with E-state index in [0.29, 0.717) is 10.8 Å². The van der Waals surface area contributed by atoms with E-state index in [0.717, 1.165) is 21.0 Å². The summed E-state index contributed by atoms with van der Waals surface area (Å²) in [5, 5.41) is 16.7. The van der Waals surface area contributed by atoms with Crippen LogP contribution in [0.4, 0.5) is 16.5 Å². The molecule has 4 aromatic rings. The summed E-state index contributed by atoms with van der Waals surface area (Å²) in [5.41, 5.74) is 2.40. The highest BCUT2D eigenvalue weighted by Crippen LogP contribution is 2.31. The van der Waals surface area contributed by atoms with Gasteiger partial charge in [0.05, 0.1) is 15.9 Å². The molecule has 182 valence electrons. The predicted octanol–water partition coefficient (Wildman–Crippen LogP) is 6.40. The zero-order valence-corrected chi connectivity index (χ0v) is 21.1. The van der Waals surface area contributed by atoms with Crippen molar-refractivity contribution in [3.63, 3.8) is 0 Å². The normalized spacial score (nSPS) is 11.5. The molecule has 1 unspecified atom stereocenters. The van der Waals surface area contributed by atoms with E-state index in [4.69, 9.17) is 0 Å². The second kappa shape index (κ2) is 11.1. The van der Waals surface area contributed by atoms with Crippen molar-refractivity contribution in [2.45, 2.75) is 24.0 Å². The lowest BCUT2D eigenvalue weighted by Gasteiger charge is -2.12. The van der Waals surface area contributed by atoms with Crippen molar-refractivity contribution in [2.75, 3.05) is 10.6 Å². The van der Waals surface area contributed by atoms with Gasteiger partial charge in [-0.05, 0) is 38.1 Å². The van der Waals surface area contributed by atoms with Gasteiger partial charge in [-0.2, -0.15) is 0 Å². The maximum atomic E-state index is 12.8. The Morgan fingerprint density at radius 3 is 2.50 bits per heavy atom. The average Bonchev–Trinajstić information content (AvgIpc) is 3.24. The number of nitrogens with one attached hydrogen (secondary N) is 2. The van der Waals surface area contributed by atoms with Gasteiger partial charge in [0.1, 0.15) is 0 Å².